The lowest BCUT2D eigenvalue weighted by molar-refractivity contribution is -0.141. The molecule has 4 aromatic rings. The quantitative estimate of drug-likeness (QED) is 0.300. The van der Waals surface area contributed by atoms with Crippen molar-refractivity contribution >= 4 is 11.9 Å². The number of carbonyl (C=O) groups is 2. The highest BCUT2D eigenvalue weighted by molar-refractivity contribution is 5.91. The van der Waals surface area contributed by atoms with Crippen LogP contribution in [0.25, 0.3) is 22.9 Å². The molecule has 8 heteroatoms. The van der Waals surface area contributed by atoms with Gasteiger partial charge in [0.15, 0.2) is 0 Å². The molecule has 8 nitrogen and oxygen atoms in total. The van der Waals surface area contributed by atoms with Gasteiger partial charge in [0.1, 0.15) is 37.1 Å². The van der Waals surface area contributed by atoms with E-state index in [0.29, 0.717) is 23.2 Å². The van der Waals surface area contributed by atoms with E-state index in [2.05, 4.69) is 9.97 Å². The molecule has 0 saturated carbocycles. The summed E-state index contributed by atoms with van der Waals surface area (Å²) in [5, 5.41) is 0. The van der Waals surface area contributed by atoms with Crippen LogP contribution in [0.1, 0.15) is 11.4 Å². The number of benzene rings is 2. The number of nitrogens with zero attached hydrogens (tertiary/aromatic N) is 2. The van der Waals surface area contributed by atoms with Crippen molar-refractivity contribution in [3.05, 3.63) is 96.7 Å². The number of rotatable bonds is 8. The van der Waals surface area contributed by atoms with Gasteiger partial charge in [-0.15, -0.1) is 0 Å². The van der Waals surface area contributed by atoms with Gasteiger partial charge in [0.2, 0.25) is 11.8 Å². The fourth-order valence-corrected chi connectivity index (χ4v) is 2.70. The highest BCUT2D eigenvalue weighted by Crippen LogP contribution is 2.19. The van der Waals surface area contributed by atoms with Gasteiger partial charge in [0.25, 0.3) is 0 Å². The number of esters is 2. The van der Waals surface area contributed by atoms with Gasteiger partial charge in [-0.25, -0.2) is 19.6 Å². The molecule has 0 radical (unpaired) electrons. The molecule has 0 spiro atoms. The zero-order chi connectivity index (χ0) is 22.2. The van der Waals surface area contributed by atoms with Crippen LogP contribution in [-0.4, -0.2) is 21.9 Å². The maximum atomic E-state index is 11.8. The predicted molar refractivity (Wildman–Crippen MR) is 113 cm³/mol. The summed E-state index contributed by atoms with van der Waals surface area (Å²) in [4.78, 5) is 32.2. The minimum absolute atomic E-state index is 0.0875. The van der Waals surface area contributed by atoms with E-state index < -0.39 is 11.9 Å². The van der Waals surface area contributed by atoms with Crippen LogP contribution in [0.2, 0.25) is 0 Å². The highest BCUT2D eigenvalue weighted by Gasteiger charge is 2.10. The Morgan fingerprint density at radius 1 is 0.688 bits per heavy atom. The molecule has 0 amide bonds. The molecule has 0 unspecified atom stereocenters. The van der Waals surface area contributed by atoms with Crippen LogP contribution in [-0.2, 0) is 32.3 Å². The van der Waals surface area contributed by atoms with E-state index in [9.17, 15) is 9.59 Å². The van der Waals surface area contributed by atoms with Crippen molar-refractivity contribution in [1.29, 1.82) is 0 Å². The van der Waals surface area contributed by atoms with Crippen molar-refractivity contribution in [1.82, 2.24) is 9.97 Å². The molecular formula is C24H18N2O6. The van der Waals surface area contributed by atoms with Crippen molar-refractivity contribution < 1.29 is 27.9 Å². The lowest BCUT2D eigenvalue weighted by atomic mass is 10.2. The molecular weight excluding hydrogens is 412 g/mol. The van der Waals surface area contributed by atoms with E-state index in [1.54, 1.807) is 0 Å². The molecule has 0 fully saturated rings. The van der Waals surface area contributed by atoms with E-state index in [-0.39, 0.29) is 13.2 Å². The van der Waals surface area contributed by atoms with Crippen LogP contribution in [0, 0.1) is 0 Å². The fraction of sp³-hybridized carbons (Fsp3) is 0.0833. The van der Waals surface area contributed by atoms with Gasteiger partial charge < -0.3 is 18.3 Å². The van der Waals surface area contributed by atoms with Gasteiger partial charge in [0.05, 0.1) is 0 Å². The average Bonchev–Trinajstić information content (AvgIpc) is 3.51. The molecule has 2 aromatic carbocycles. The topological polar surface area (TPSA) is 105 Å². The van der Waals surface area contributed by atoms with Crippen LogP contribution in [0.5, 0.6) is 0 Å². The third-order valence-corrected chi connectivity index (χ3v) is 4.23. The Hall–Kier alpha value is -4.46. The van der Waals surface area contributed by atoms with E-state index in [0.717, 1.165) is 23.3 Å². The molecule has 0 atom stereocenters. The van der Waals surface area contributed by atoms with Gasteiger partial charge >= 0.3 is 11.9 Å². The molecule has 2 heterocycles. The third kappa shape index (κ3) is 5.57. The van der Waals surface area contributed by atoms with Crippen LogP contribution in [0.4, 0.5) is 0 Å². The Morgan fingerprint density at radius 2 is 1.09 bits per heavy atom. The summed E-state index contributed by atoms with van der Waals surface area (Å²) in [5.41, 5.74) is 2.54. The Labute approximate surface area is 183 Å². The minimum Gasteiger partial charge on any atom is -0.456 e. The molecule has 0 aliphatic heterocycles. The second kappa shape index (κ2) is 10.0. The first-order valence-electron chi connectivity index (χ1n) is 9.68. The SMILES string of the molecule is O=C(/C=C/C(=O)OCc1coc(-c2ccccc2)n1)OCc1coc(-c2ccccc2)n1. The van der Waals surface area contributed by atoms with E-state index in [1.165, 1.54) is 12.5 Å². The zero-order valence-electron chi connectivity index (χ0n) is 16.8. The van der Waals surface area contributed by atoms with Crippen LogP contribution in [0.3, 0.4) is 0 Å². The Morgan fingerprint density at radius 3 is 1.50 bits per heavy atom. The van der Waals surface area contributed by atoms with E-state index >= 15 is 0 Å². The number of ether oxygens (including phenoxy) is 2. The molecule has 32 heavy (non-hydrogen) atoms. The molecule has 160 valence electrons. The maximum absolute atomic E-state index is 11.8. The fourth-order valence-electron chi connectivity index (χ4n) is 2.70. The third-order valence-electron chi connectivity index (χ3n) is 4.23. The van der Waals surface area contributed by atoms with Gasteiger partial charge in [-0.05, 0) is 24.3 Å². The summed E-state index contributed by atoms with van der Waals surface area (Å²) in [6, 6.07) is 18.7. The van der Waals surface area contributed by atoms with Crippen molar-refractivity contribution in [3.63, 3.8) is 0 Å². The van der Waals surface area contributed by atoms with Crippen LogP contribution < -0.4 is 0 Å². The van der Waals surface area contributed by atoms with Crippen LogP contribution in [0.15, 0.2) is 94.2 Å². The Balaban J connectivity index is 1.21. The molecule has 0 bridgehead atoms. The van der Waals surface area contributed by atoms with Gasteiger partial charge in [0, 0.05) is 23.3 Å². The smallest absolute Gasteiger partial charge is 0.331 e. The molecule has 2 aromatic heterocycles. The minimum atomic E-state index is -0.709. The number of oxazole rings is 2. The standard InChI is InChI=1S/C24H18N2O6/c27-21(29-13-19-15-31-23(25-19)17-7-3-1-4-8-17)11-12-22(28)30-14-20-16-32-24(26-20)18-9-5-2-6-10-18/h1-12,15-16H,13-14H2/b12-11+. The molecule has 4 rings (SSSR count). The van der Waals surface area contributed by atoms with Gasteiger partial charge in [-0.1, -0.05) is 36.4 Å². The van der Waals surface area contributed by atoms with Gasteiger partial charge in [-0.2, -0.15) is 0 Å². The largest absolute Gasteiger partial charge is 0.456 e. The first kappa shape index (κ1) is 20.8. The Kier molecular flexibility index (Phi) is 6.52. The highest BCUT2D eigenvalue weighted by atomic mass is 16.5. The van der Waals surface area contributed by atoms with Crippen molar-refractivity contribution in [2.75, 3.05) is 0 Å². The van der Waals surface area contributed by atoms with Crippen molar-refractivity contribution in [2.45, 2.75) is 13.2 Å². The summed E-state index contributed by atoms with van der Waals surface area (Å²) in [7, 11) is 0. The van der Waals surface area contributed by atoms with Crippen LogP contribution >= 0.6 is 0 Å². The van der Waals surface area contributed by atoms with Gasteiger partial charge in [-0.3, -0.25) is 0 Å². The van der Waals surface area contributed by atoms with Crippen molar-refractivity contribution in [3.8, 4) is 22.9 Å². The second-order valence-corrected chi connectivity index (χ2v) is 6.57. The Bertz CT molecular complexity index is 1120. The van der Waals surface area contributed by atoms with E-state index in [1.807, 2.05) is 60.7 Å². The average molecular weight is 430 g/mol. The molecule has 0 N–H and O–H groups in total. The second-order valence-electron chi connectivity index (χ2n) is 6.57. The number of hydrogen-bond donors (Lipinski definition) is 0. The summed E-state index contributed by atoms with van der Waals surface area (Å²) in [6.07, 6.45) is 4.79. The van der Waals surface area contributed by atoms with E-state index in [4.69, 9.17) is 18.3 Å². The lowest BCUT2D eigenvalue weighted by Crippen LogP contribution is -2.05. The monoisotopic (exact) mass is 430 g/mol. The summed E-state index contributed by atoms with van der Waals surface area (Å²) in [5.74, 6) is -0.559. The zero-order valence-corrected chi connectivity index (χ0v) is 16.8. The maximum Gasteiger partial charge on any atom is 0.331 e. The molecule has 0 saturated heterocycles. The van der Waals surface area contributed by atoms with Crippen molar-refractivity contribution in [2.24, 2.45) is 0 Å². The number of carbonyl (C=O) groups excluding carboxylic acids is 2. The summed E-state index contributed by atoms with van der Waals surface area (Å²) < 4.78 is 20.9. The first-order chi connectivity index (χ1) is 15.7. The number of hydrogen-bond acceptors (Lipinski definition) is 8. The molecule has 0 aliphatic rings. The molecule has 0 aliphatic carbocycles. The first-order valence-corrected chi connectivity index (χ1v) is 9.68. The summed E-state index contributed by atoms with van der Waals surface area (Å²) in [6.45, 7) is -0.175. The lowest BCUT2D eigenvalue weighted by Gasteiger charge is -1.99. The predicted octanol–water partition coefficient (Wildman–Crippen LogP) is 4.34. The number of aromatic nitrogens is 2. The summed E-state index contributed by atoms with van der Waals surface area (Å²) >= 11 is 0. The normalized spacial score (nSPS) is 10.9.